The van der Waals surface area contributed by atoms with Crippen molar-refractivity contribution < 1.29 is 9.53 Å². The SMILES string of the molecule is CCC(CC)NC(=O)C(C)Oc1ccccc1CNC. The number of carbonyl (C=O) groups is 1. The van der Waals surface area contributed by atoms with E-state index in [4.69, 9.17) is 4.74 Å². The minimum absolute atomic E-state index is 0.0574. The van der Waals surface area contributed by atoms with E-state index in [9.17, 15) is 4.79 Å². The number of ether oxygens (including phenoxy) is 1. The average Bonchev–Trinajstić information content (AvgIpc) is 2.46. The molecule has 0 aliphatic heterocycles. The molecule has 0 heterocycles. The number of rotatable bonds is 8. The van der Waals surface area contributed by atoms with Gasteiger partial charge in [0.15, 0.2) is 6.10 Å². The van der Waals surface area contributed by atoms with Gasteiger partial charge < -0.3 is 15.4 Å². The van der Waals surface area contributed by atoms with Crippen molar-refractivity contribution in [2.24, 2.45) is 0 Å². The van der Waals surface area contributed by atoms with Gasteiger partial charge in [-0.05, 0) is 32.9 Å². The predicted molar refractivity (Wildman–Crippen MR) is 81.8 cm³/mol. The largest absolute Gasteiger partial charge is 0.481 e. The van der Waals surface area contributed by atoms with E-state index >= 15 is 0 Å². The number of nitrogens with one attached hydrogen (secondary N) is 2. The first-order valence-electron chi connectivity index (χ1n) is 7.31. The van der Waals surface area contributed by atoms with Crippen LogP contribution in [0.25, 0.3) is 0 Å². The van der Waals surface area contributed by atoms with E-state index in [2.05, 4.69) is 24.5 Å². The van der Waals surface area contributed by atoms with Gasteiger partial charge in [-0.2, -0.15) is 0 Å². The van der Waals surface area contributed by atoms with Crippen molar-refractivity contribution in [3.8, 4) is 5.75 Å². The second-order valence-corrected chi connectivity index (χ2v) is 4.92. The number of carbonyl (C=O) groups excluding carboxylic acids is 1. The van der Waals surface area contributed by atoms with Gasteiger partial charge in [-0.15, -0.1) is 0 Å². The fourth-order valence-corrected chi connectivity index (χ4v) is 2.01. The topological polar surface area (TPSA) is 50.4 Å². The number of hydrogen-bond donors (Lipinski definition) is 2. The Labute approximate surface area is 121 Å². The fourth-order valence-electron chi connectivity index (χ4n) is 2.01. The highest BCUT2D eigenvalue weighted by Gasteiger charge is 2.18. The van der Waals surface area contributed by atoms with Crippen molar-refractivity contribution in [2.75, 3.05) is 7.05 Å². The summed E-state index contributed by atoms with van der Waals surface area (Å²) in [7, 11) is 1.89. The molecule has 1 aromatic carbocycles. The Balaban J connectivity index is 2.65. The maximum atomic E-state index is 12.1. The number of benzene rings is 1. The molecular weight excluding hydrogens is 252 g/mol. The summed E-state index contributed by atoms with van der Waals surface area (Å²) in [5, 5.41) is 6.11. The Morgan fingerprint density at radius 2 is 1.90 bits per heavy atom. The molecule has 0 saturated carbocycles. The quantitative estimate of drug-likeness (QED) is 0.768. The summed E-state index contributed by atoms with van der Waals surface area (Å²) in [6.07, 6.45) is 1.38. The standard InChI is InChI=1S/C16H26N2O2/c1-5-14(6-2)18-16(19)12(3)20-15-10-8-7-9-13(15)11-17-4/h7-10,12,14,17H,5-6,11H2,1-4H3,(H,18,19). The molecular formula is C16H26N2O2. The summed E-state index contributed by atoms with van der Waals surface area (Å²) in [5.41, 5.74) is 1.05. The molecule has 1 atom stereocenters. The Bertz CT molecular complexity index is 417. The third-order valence-corrected chi connectivity index (χ3v) is 3.34. The van der Waals surface area contributed by atoms with E-state index in [-0.39, 0.29) is 11.9 Å². The lowest BCUT2D eigenvalue weighted by molar-refractivity contribution is -0.128. The second kappa shape index (κ2) is 8.59. The lowest BCUT2D eigenvalue weighted by Crippen LogP contribution is -2.42. The Morgan fingerprint density at radius 3 is 2.50 bits per heavy atom. The van der Waals surface area contributed by atoms with Gasteiger partial charge in [0.1, 0.15) is 5.75 Å². The predicted octanol–water partition coefficient (Wildman–Crippen LogP) is 2.48. The summed E-state index contributed by atoms with van der Waals surface area (Å²) in [5.74, 6) is 0.701. The third-order valence-electron chi connectivity index (χ3n) is 3.34. The molecule has 20 heavy (non-hydrogen) atoms. The zero-order valence-corrected chi connectivity index (χ0v) is 12.9. The van der Waals surface area contributed by atoms with Crippen molar-refractivity contribution in [2.45, 2.75) is 52.3 Å². The lowest BCUT2D eigenvalue weighted by atomic mass is 10.1. The monoisotopic (exact) mass is 278 g/mol. The van der Waals surface area contributed by atoms with Gasteiger partial charge in [0, 0.05) is 18.2 Å². The van der Waals surface area contributed by atoms with Crippen LogP contribution in [0.4, 0.5) is 0 Å². The summed E-state index contributed by atoms with van der Waals surface area (Å²) in [4.78, 5) is 12.1. The molecule has 0 aliphatic rings. The zero-order chi connectivity index (χ0) is 15.0. The molecule has 4 heteroatoms. The van der Waals surface area contributed by atoms with Gasteiger partial charge in [-0.3, -0.25) is 4.79 Å². The van der Waals surface area contributed by atoms with Crippen LogP contribution in [0.5, 0.6) is 5.75 Å². The Morgan fingerprint density at radius 1 is 1.25 bits per heavy atom. The fraction of sp³-hybridized carbons (Fsp3) is 0.562. The van der Waals surface area contributed by atoms with Gasteiger partial charge in [0.2, 0.25) is 0 Å². The molecule has 0 spiro atoms. The molecule has 2 N–H and O–H groups in total. The van der Waals surface area contributed by atoms with Gasteiger partial charge in [0.05, 0.1) is 0 Å². The highest BCUT2D eigenvalue weighted by Crippen LogP contribution is 2.19. The maximum Gasteiger partial charge on any atom is 0.260 e. The average molecular weight is 278 g/mol. The smallest absolute Gasteiger partial charge is 0.260 e. The van der Waals surface area contributed by atoms with E-state index in [1.165, 1.54) is 0 Å². The van der Waals surface area contributed by atoms with Crippen molar-refractivity contribution in [3.05, 3.63) is 29.8 Å². The number of para-hydroxylation sites is 1. The minimum atomic E-state index is -0.492. The first-order chi connectivity index (χ1) is 9.62. The summed E-state index contributed by atoms with van der Waals surface area (Å²) < 4.78 is 5.80. The normalized spacial score (nSPS) is 12.2. The molecule has 0 saturated heterocycles. The van der Waals surface area contributed by atoms with Crippen LogP contribution in [0.3, 0.4) is 0 Å². The van der Waals surface area contributed by atoms with Gasteiger partial charge in [-0.25, -0.2) is 0 Å². The lowest BCUT2D eigenvalue weighted by Gasteiger charge is -2.20. The van der Waals surface area contributed by atoms with Crippen LogP contribution in [0.2, 0.25) is 0 Å². The van der Waals surface area contributed by atoms with E-state index in [1.807, 2.05) is 31.3 Å². The first-order valence-corrected chi connectivity index (χ1v) is 7.31. The zero-order valence-electron chi connectivity index (χ0n) is 12.9. The molecule has 112 valence electrons. The van der Waals surface area contributed by atoms with Crippen molar-refractivity contribution in [1.29, 1.82) is 0 Å². The second-order valence-electron chi connectivity index (χ2n) is 4.92. The highest BCUT2D eigenvalue weighted by molar-refractivity contribution is 5.81. The molecule has 1 amide bonds. The van der Waals surface area contributed by atoms with Gasteiger partial charge in [-0.1, -0.05) is 32.0 Å². The van der Waals surface area contributed by atoms with Crippen LogP contribution in [0, 0.1) is 0 Å². The minimum Gasteiger partial charge on any atom is -0.481 e. The van der Waals surface area contributed by atoms with Crippen LogP contribution in [0.1, 0.15) is 39.2 Å². The molecule has 0 fully saturated rings. The molecule has 0 radical (unpaired) electrons. The maximum absolute atomic E-state index is 12.1. The molecule has 0 aliphatic carbocycles. The van der Waals surface area contributed by atoms with Crippen molar-refractivity contribution in [1.82, 2.24) is 10.6 Å². The van der Waals surface area contributed by atoms with E-state index < -0.39 is 6.10 Å². The van der Waals surface area contributed by atoms with Crippen LogP contribution in [0.15, 0.2) is 24.3 Å². The highest BCUT2D eigenvalue weighted by atomic mass is 16.5. The van der Waals surface area contributed by atoms with E-state index in [1.54, 1.807) is 6.92 Å². The molecule has 1 unspecified atom stereocenters. The van der Waals surface area contributed by atoms with Crippen LogP contribution >= 0.6 is 0 Å². The molecule has 1 aromatic rings. The van der Waals surface area contributed by atoms with Crippen molar-refractivity contribution in [3.63, 3.8) is 0 Å². The Kier molecular flexibility index (Phi) is 7.09. The molecule has 0 aromatic heterocycles. The van der Waals surface area contributed by atoms with E-state index in [0.717, 1.165) is 30.7 Å². The van der Waals surface area contributed by atoms with Crippen molar-refractivity contribution >= 4 is 5.91 Å². The number of hydrogen-bond acceptors (Lipinski definition) is 3. The summed E-state index contributed by atoms with van der Waals surface area (Å²) in [6.45, 7) is 6.65. The Hall–Kier alpha value is -1.55. The third kappa shape index (κ3) is 4.85. The summed E-state index contributed by atoms with van der Waals surface area (Å²) >= 11 is 0. The first kappa shape index (κ1) is 16.5. The van der Waals surface area contributed by atoms with Crippen LogP contribution in [-0.2, 0) is 11.3 Å². The van der Waals surface area contributed by atoms with Crippen LogP contribution in [-0.4, -0.2) is 25.1 Å². The number of amides is 1. The molecule has 1 rings (SSSR count). The van der Waals surface area contributed by atoms with Crippen LogP contribution < -0.4 is 15.4 Å². The van der Waals surface area contributed by atoms with Gasteiger partial charge >= 0.3 is 0 Å². The van der Waals surface area contributed by atoms with Gasteiger partial charge in [0.25, 0.3) is 5.91 Å². The molecule has 0 bridgehead atoms. The van der Waals surface area contributed by atoms with E-state index in [0.29, 0.717) is 0 Å². The molecule has 4 nitrogen and oxygen atoms in total. The summed E-state index contributed by atoms with van der Waals surface area (Å²) in [6, 6.07) is 8.00.